The molecule has 0 amide bonds. The second kappa shape index (κ2) is 2.46. The van der Waals surface area contributed by atoms with Gasteiger partial charge in [-0.15, -0.1) is 0 Å². The van der Waals surface area contributed by atoms with Gasteiger partial charge in [0.25, 0.3) is 0 Å². The molecule has 0 spiro atoms. The van der Waals surface area contributed by atoms with Gasteiger partial charge in [-0.1, -0.05) is 0 Å². The largest absolute Gasteiger partial charge is 0.367 e. The van der Waals surface area contributed by atoms with Gasteiger partial charge in [-0.3, -0.25) is 0 Å². The molecular weight excluding hydrogens is 124 g/mol. The number of hydrogen-bond donors (Lipinski definition) is 2. The van der Waals surface area contributed by atoms with Crippen LogP contribution in [0.1, 0.15) is 18.4 Å². The Labute approximate surface area is 60.6 Å². The third-order valence-corrected chi connectivity index (χ3v) is 1.83. The van der Waals surface area contributed by atoms with Crippen LogP contribution in [0.5, 0.6) is 0 Å². The molecule has 2 N–H and O–H groups in total. The van der Waals surface area contributed by atoms with Crippen LogP contribution < -0.4 is 5.32 Å². The molecule has 1 aliphatic carbocycles. The number of hydrogen-bond acceptors (Lipinski definition) is 1. The highest BCUT2D eigenvalue weighted by molar-refractivity contribution is 5.08. The van der Waals surface area contributed by atoms with Crippen molar-refractivity contribution < 1.29 is 0 Å². The van der Waals surface area contributed by atoms with Crippen molar-refractivity contribution in [2.45, 2.75) is 25.4 Å². The lowest BCUT2D eigenvalue weighted by Crippen LogP contribution is -2.14. The Bertz CT molecular complexity index is 187. The van der Waals surface area contributed by atoms with Gasteiger partial charge in [0.1, 0.15) is 0 Å². The van der Waals surface area contributed by atoms with Crippen LogP contribution in [0.3, 0.4) is 0 Å². The van der Waals surface area contributed by atoms with E-state index in [2.05, 4.69) is 16.4 Å². The summed E-state index contributed by atoms with van der Waals surface area (Å²) in [5.41, 5.74) is 1.35. The fourth-order valence-electron chi connectivity index (χ4n) is 1.02. The molecule has 10 heavy (non-hydrogen) atoms. The van der Waals surface area contributed by atoms with Gasteiger partial charge in [-0.25, -0.2) is 0 Å². The average Bonchev–Trinajstić information content (AvgIpc) is 2.63. The maximum Gasteiger partial charge on any atom is 0.0223 e. The molecule has 1 saturated carbocycles. The number of aromatic nitrogens is 1. The minimum atomic E-state index is 0.815. The molecule has 0 radical (unpaired) electrons. The highest BCUT2D eigenvalue weighted by atomic mass is 14.9. The van der Waals surface area contributed by atoms with Gasteiger partial charge in [0.15, 0.2) is 0 Å². The zero-order chi connectivity index (χ0) is 6.81. The van der Waals surface area contributed by atoms with E-state index >= 15 is 0 Å². The summed E-state index contributed by atoms with van der Waals surface area (Å²) in [7, 11) is 0. The van der Waals surface area contributed by atoms with Crippen LogP contribution in [0.25, 0.3) is 0 Å². The van der Waals surface area contributed by atoms with Crippen LogP contribution in [0.4, 0.5) is 0 Å². The van der Waals surface area contributed by atoms with E-state index < -0.39 is 0 Å². The molecule has 1 aliphatic rings. The molecule has 2 nitrogen and oxygen atoms in total. The van der Waals surface area contributed by atoms with E-state index in [4.69, 9.17) is 0 Å². The predicted octanol–water partition coefficient (Wildman–Crippen LogP) is 1.27. The Kier molecular flexibility index (Phi) is 1.47. The Hall–Kier alpha value is -0.760. The molecule has 2 rings (SSSR count). The average molecular weight is 136 g/mol. The molecule has 0 bridgehead atoms. The number of nitrogens with one attached hydrogen (secondary N) is 2. The van der Waals surface area contributed by atoms with E-state index in [0.717, 1.165) is 12.6 Å². The fraction of sp³-hybridized carbons (Fsp3) is 0.500. The minimum absolute atomic E-state index is 0.815. The lowest BCUT2D eigenvalue weighted by atomic mass is 10.3. The summed E-state index contributed by atoms with van der Waals surface area (Å²) in [6.45, 7) is 1.02. The van der Waals surface area contributed by atoms with Crippen molar-refractivity contribution in [1.82, 2.24) is 10.3 Å². The zero-order valence-corrected chi connectivity index (χ0v) is 5.93. The first kappa shape index (κ1) is 5.98. The number of H-pyrrole nitrogens is 1. The molecule has 1 aromatic heterocycles. The molecule has 1 fully saturated rings. The summed E-state index contributed by atoms with van der Waals surface area (Å²) in [4.78, 5) is 3.03. The maximum atomic E-state index is 3.44. The number of aromatic amines is 1. The van der Waals surface area contributed by atoms with Crippen LogP contribution in [0.15, 0.2) is 18.5 Å². The maximum absolute atomic E-state index is 3.44. The van der Waals surface area contributed by atoms with Gasteiger partial charge >= 0.3 is 0 Å². The molecule has 1 aromatic rings. The quantitative estimate of drug-likeness (QED) is 0.643. The van der Waals surface area contributed by atoms with E-state index in [9.17, 15) is 0 Å². The van der Waals surface area contributed by atoms with Gasteiger partial charge in [-0.2, -0.15) is 0 Å². The molecular formula is C8H12N2. The van der Waals surface area contributed by atoms with Crippen molar-refractivity contribution in [2.24, 2.45) is 0 Å². The summed E-state index contributed by atoms with van der Waals surface area (Å²) in [5, 5.41) is 3.44. The molecule has 0 saturated heterocycles. The van der Waals surface area contributed by atoms with Crippen LogP contribution >= 0.6 is 0 Å². The summed E-state index contributed by atoms with van der Waals surface area (Å²) < 4.78 is 0. The molecule has 54 valence electrons. The van der Waals surface area contributed by atoms with Gasteiger partial charge in [0.05, 0.1) is 0 Å². The summed E-state index contributed by atoms with van der Waals surface area (Å²) in [6, 6.07) is 2.92. The molecule has 1 heterocycles. The van der Waals surface area contributed by atoms with Gasteiger partial charge in [0, 0.05) is 25.0 Å². The molecule has 2 heteroatoms. The van der Waals surface area contributed by atoms with Crippen LogP contribution in [0, 0.1) is 0 Å². The van der Waals surface area contributed by atoms with Crippen molar-refractivity contribution in [1.29, 1.82) is 0 Å². The third kappa shape index (κ3) is 1.39. The van der Waals surface area contributed by atoms with Crippen LogP contribution in [0.2, 0.25) is 0 Å². The number of rotatable bonds is 3. The van der Waals surface area contributed by atoms with Gasteiger partial charge < -0.3 is 10.3 Å². The summed E-state index contributed by atoms with van der Waals surface area (Å²) in [6.07, 6.45) is 6.73. The standard InChI is InChI=1S/C8H12N2/c1-2-8(1)10-6-7-3-4-9-5-7/h3-5,8-10H,1-2,6H2. The monoisotopic (exact) mass is 136 g/mol. The Morgan fingerprint density at radius 1 is 1.60 bits per heavy atom. The molecule has 0 aromatic carbocycles. The van der Waals surface area contributed by atoms with Crippen molar-refractivity contribution in [3.8, 4) is 0 Å². The third-order valence-electron chi connectivity index (χ3n) is 1.83. The summed E-state index contributed by atoms with van der Waals surface area (Å²) >= 11 is 0. The van der Waals surface area contributed by atoms with Crippen molar-refractivity contribution in [3.63, 3.8) is 0 Å². The first-order valence-corrected chi connectivity index (χ1v) is 3.80. The van der Waals surface area contributed by atoms with E-state index in [1.165, 1.54) is 18.4 Å². The smallest absolute Gasteiger partial charge is 0.0223 e. The molecule has 0 unspecified atom stereocenters. The van der Waals surface area contributed by atoms with E-state index in [1.54, 1.807) is 0 Å². The van der Waals surface area contributed by atoms with E-state index in [-0.39, 0.29) is 0 Å². The first-order chi connectivity index (χ1) is 4.95. The predicted molar refractivity (Wildman–Crippen MR) is 40.7 cm³/mol. The Balaban J connectivity index is 1.79. The lowest BCUT2D eigenvalue weighted by Gasteiger charge is -1.97. The highest BCUT2D eigenvalue weighted by Gasteiger charge is 2.19. The van der Waals surface area contributed by atoms with E-state index in [1.807, 2.05) is 12.4 Å². The normalized spacial score (nSPS) is 17.6. The minimum Gasteiger partial charge on any atom is -0.367 e. The van der Waals surface area contributed by atoms with Gasteiger partial charge in [0.2, 0.25) is 0 Å². The van der Waals surface area contributed by atoms with Crippen LogP contribution in [-0.2, 0) is 6.54 Å². The second-order valence-corrected chi connectivity index (χ2v) is 2.87. The fourth-order valence-corrected chi connectivity index (χ4v) is 1.02. The first-order valence-electron chi connectivity index (χ1n) is 3.80. The van der Waals surface area contributed by atoms with Crippen molar-refractivity contribution in [2.75, 3.05) is 0 Å². The summed E-state index contributed by atoms with van der Waals surface area (Å²) in [5.74, 6) is 0. The SMILES string of the molecule is c1cc(CNC2CC2)c[nH]1. The highest BCUT2D eigenvalue weighted by Crippen LogP contribution is 2.18. The Morgan fingerprint density at radius 2 is 2.50 bits per heavy atom. The topological polar surface area (TPSA) is 27.8 Å². The second-order valence-electron chi connectivity index (χ2n) is 2.87. The van der Waals surface area contributed by atoms with E-state index in [0.29, 0.717) is 0 Å². The molecule has 0 aliphatic heterocycles. The zero-order valence-electron chi connectivity index (χ0n) is 5.93. The van der Waals surface area contributed by atoms with Crippen LogP contribution in [-0.4, -0.2) is 11.0 Å². The van der Waals surface area contributed by atoms with Crippen molar-refractivity contribution >= 4 is 0 Å². The van der Waals surface area contributed by atoms with Gasteiger partial charge in [-0.05, 0) is 24.5 Å². The van der Waals surface area contributed by atoms with Crippen molar-refractivity contribution in [3.05, 3.63) is 24.0 Å². The molecule has 0 atom stereocenters. The Morgan fingerprint density at radius 3 is 3.10 bits per heavy atom. The lowest BCUT2D eigenvalue weighted by molar-refractivity contribution is 0.688.